The molecule has 2 aromatic carbocycles. The number of nitrogens with one attached hydrogen (secondary N) is 1. The number of carbonyl (C=O) groups excluding carboxylic acids is 1. The molecule has 1 atom stereocenters. The van der Waals surface area contributed by atoms with Crippen molar-refractivity contribution in [1.29, 1.82) is 0 Å². The van der Waals surface area contributed by atoms with E-state index in [0.29, 0.717) is 11.1 Å². The highest BCUT2D eigenvalue weighted by Gasteiger charge is 2.40. The number of benzene rings is 2. The quantitative estimate of drug-likeness (QED) is 0.822. The van der Waals surface area contributed by atoms with Crippen molar-refractivity contribution >= 4 is 23.3 Å². The summed E-state index contributed by atoms with van der Waals surface area (Å²) in [4.78, 5) is 24.8. The lowest BCUT2D eigenvalue weighted by atomic mass is 9.87. The molecule has 2 N–H and O–H groups in total. The molecule has 0 saturated heterocycles. The Morgan fingerprint density at radius 2 is 1.81 bits per heavy atom. The smallest absolute Gasteiger partial charge is 0.334 e. The fraction of sp³-hybridized carbons (Fsp3) is 0.286. The predicted molar refractivity (Wildman–Crippen MR) is 105 cm³/mol. The number of nitrogens with zero attached hydrogens (tertiary/aromatic N) is 2. The van der Waals surface area contributed by atoms with Crippen molar-refractivity contribution in [2.75, 3.05) is 11.6 Å². The number of hydrogen-bond donors (Lipinski definition) is 2. The van der Waals surface area contributed by atoms with Gasteiger partial charge in [-0.05, 0) is 43.2 Å². The van der Waals surface area contributed by atoms with Crippen molar-refractivity contribution in [2.45, 2.75) is 32.2 Å². The van der Waals surface area contributed by atoms with Crippen molar-refractivity contribution in [3.8, 4) is 0 Å². The molecule has 1 aliphatic rings. The molecule has 0 spiro atoms. The average Bonchev–Trinajstić information content (AvgIpc) is 3.13. The highest BCUT2D eigenvalue weighted by molar-refractivity contribution is 5.98. The summed E-state index contributed by atoms with van der Waals surface area (Å²) < 4.78 is 0. The van der Waals surface area contributed by atoms with E-state index in [1.807, 2.05) is 30.1 Å². The normalized spacial score (nSPS) is 15.8. The van der Waals surface area contributed by atoms with Crippen molar-refractivity contribution in [1.82, 2.24) is 5.32 Å². The molecule has 0 saturated carbocycles. The first-order valence-corrected chi connectivity index (χ1v) is 8.99. The summed E-state index contributed by atoms with van der Waals surface area (Å²) in [5, 5.41) is 18.9. The Morgan fingerprint density at radius 1 is 1.15 bits per heavy atom. The van der Waals surface area contributed by atoms with E-state index in [-0.39, 0.29) is 6.42 Å². The molecule has 27 heavy (non-hydrogen) atoms. The molecule has 140 valence electrons. The minimum Gasteiger partial charge on any atom is -0.479 e. The Bertz CT molecular complexity index is 862. The number of amides is 1. The number of carboxylic acid groups (broad SMARTS) is 1. The molecule has 1 heterocycles. The van der Waals surface area contributed by atoms with Gasteiger partial charge >= 0.3 is 5.97 Å². The molecule has 0 aliphatic carbocycles. The minimum atomic E-state index is -1.46. The molecule has 0 radical (unpaired) electrons. The average molecular weight is 365 g/mol. The van der Waals surface area contributed by atoms with Gasteiger partial charge in [0.2, 0.25) is 0 Å². The van der Waals surface area contributed by atoms with Crippen LogP contribution in [0.4, 0.5) is 5.69 Å². The molecule has 0 fully saturated rings. The monoisotopic (exact) mass is 365 g/mol. The van der Waals surface area contributed by atoms with Gasteiger partial charge in [-0.15, -0.1) is 0 Å². The molecular formula is C21H23N3O3. The third kappa shape index (κ3) is 3.69. The van der Waals surface area contributed by atoms with Gasteiger partial charge in [0, 0.05) is 24.2 Å². The third-order valence-corrected chi connectivity index (χ3v) is 4.89. The Balaban J connectivity index is 1.83. The van der Waals surface area contributed by atoms with Crippen molar-refractivity contribution in [3.05, 3.63) is 65.7 Å². The number of hydrazone groups is 1. The SMILES string of the molecule is CCC(NC(=O)c1ccc(N2CCC(C)=N2)cc1)(C(=O)O)c1ccccc1. The highest BCUT2D eigenvalue weighted by Crippen LogP contribution is 2.27. The second-order valence-electron chi connectivity index (χ2n) is 6.64. The van der Waals surface area contributed by atoms with E-state index in [9.17, 15) is 14.7 Å². The summed E-state index contributed by atoms with van der Waals surface area (Å²) in [6.45, 7) is 4.56. The van der Waals surface area contributed by atoms with E-state index in [4.69, 9.17) is 0 Å². The van der Waals surface area contributed by atoms with Gasteiger partial charge in [-0.2, -0.15) is 5.10 Å². The van der Waals surface area contributed by atoms with Gasteiger partial charge in [0.1, 0.15) is 0 Å². The van der Waals surface area contributed by atoms with E-state index < -0.39 is 17.4 Å². The van der Waals surface area contributed by atoms with Crippen LogP contribution in [0.1, 0.15) is 42.6 Å². The molecule has 1 aliphatic heterocycles. The number of rotatable bonds is 6. The summed E-state index contributed by atoms with van der Waals surface area (Å²) in [5.41, 5.74) is 1.48. The lowest BCUT2D eigenvalue weighted by Gasteiger charge is -2.30. The minimum absolute atomic E-state index is 0.234. The fourth-order valence-corrected chi connectivity index (χ4v) is 3.23. The summed E-state index contributed by atoms with van der Waals surface area (Å²) in [7, 11) is 0. The van der Waals surface area contributed by atoms with E-state index >= 15 is 0 Å². The van der Waals surface area contributed by atoms with E-state index in [2.05, 4.69) is 10.4 Å². The predicted octanol–water partition coefficient (Wildman–Crippen LogP) is 3.39. The third-order valence-electron chi connectivity index (χ3n) is 4.89. The van der Waals surface area contributed by atoms with Crippen molar-refractivity contribution < 1.29 is 14.7 Å². The van der Waals surface area contributed by atoms with Crippen molar-refractivity contribution in [3.63, 3.8) is 0 Å². The fourth-order valence-electron chi connectivity index (χ4n) is 3.23. The number of aliphatic carboxylic acids is 1. The van der Waals surface area contributed by atoms with Gasteiger partial charge in [0.15, 0.2) is 5.54 Å². The molecule has 6 nitrogen and oxygen atoms in total. The summed E-state index contributed by atoms with van der Waals surface area (Å²) in [5.74, 6) is -1.50. The lowest BCUT2D eigenvalue weighted by Crippen LogP contribution is -2.51. The summed E-state index contributed by atoms with van der Waals surface area (Å²) in [6, 6.07) is 15.8. The van der Waals surface area contributed by atoms with E-state index in [1.165, 1.54) is 0 Å². The summed E-state index contributed by atoms with van der Waals surface area (Å²) in [6.07, 6.45) is 1.16. The van der Waals surface area contributed by atoms with Crippen LogP contribution in [0.15, 0.2) is 59.7 Å². The summed E-state index contributed by atoms with van der Waals surface area (Å²) >= 11 is 0. The Hall–Kier alpha value is -3.15. The van der Waals surface area contributed by atoms with E-state index in [1.54, 1.807) is 43.3 Å². The topological polar surface area (TPSA) is 82.0 Å². The molecule has 1 unspecified atom stereocenters. The lowest BCUT2D eigenvalue weighted by molar-refractivity contribution is -0.145. The molecule has 0 aromatic heterocycles. The largest absolute Gasteiger partial charge is 0.479 e. The maximum Gasteiger partial charge on any atom is 0.334 e. The van der Waals surface area contributed by atoms with Crippen LogP contribution in [-0.4, -0.2) is 29.2 Å². The highest BCUT2D eigenvalue weighted by atomic mass is 16.4. The zero-order valence-corrected chi connectivity index (χ0v) is 15.5. The van der Waals surface area contributed by atoms with Crippen LogP contribution in [0.25, 0.3) is 0 Å². The Labute approximate surface area is 158 Å². The van der Waals surface area contributed by atoms with Gasteiger partial charge in [-0.1, -0.05) is 37.3 Å². The first-order valence-electron chi connectivity index (χ1n) is 8.99. The maximum atomic E-state index is 12.8. The van der Waals surface area contributed by atoms with Crippen LogP contribution in [0.3, 0.4) is 0 Å². The van der Waals surface area contributed by atoms with Gasteiger partial charge < -0.3 is 10.4 Å². The number of carboxylic acids is 1. The number of hydrogen-bond acceptors (Lipinski definition) is 4. The second-order valence-corrected chi connectivity index (χ2v) is 6.64. The van der Waals surface area contributed by atoms with Crippen molar-refractivity contribution in [2.24, 2.45) is 5.10 Å². The maximum absolute atomic E-state index is 12.8. The van der Waals surface area contributed by atoms with Crippen LogP contribution in [0, 0.1) is 0 Å². The van der Waals surface area contributed by atoms with Gasteiger partial charge in [-0.3, -0.25) is 9.80 Å². The zero-order valence-electron chi connectivity index (χ0n) is 15.5. The molecule has 0 bridgehead atoms. The molecular weight excluding hydrogens is 342 g/mol. The van der Waals surface area contributed by atoms with Crippen LogP contribution in [0.2, 0.25) is 0 Å². The second kappa shape index (κ2) is 7.61. The van der Waals surface area contributed by atoms with E-state index in [0.717, 1.165) is 24.4 Å². The first kappa shape index (κ1) is 18.6. The van der Waals surface area contributed by atoms with Crippen LogP contribution >= 0.6 is 0 Å². The number of anilines is 1. The Morgan fingerprint density at radius 3 is 2.33 bits per heavy atom. The molecule has 6 heteroatoms. The Kier molecular flexibility index (Phi) is 5.26. The molecule has 3 rings (SSSR count). The number of carbonyl (C=O) groups is 2. The van der Waals surface area contributed by atoms with Gasteiger partial charge in [0.25, 0.3) is 5.91 Å². The van der Waals surface area contributed by atoms with Gasteiger partial charge in [-0.25, -0.2) is 4.79 Å². The van der Waals surface area contributed by atoms with Crippen LogP contribution in [-0.2, 0) is 10.3 Å². The molecule has 2 aromatic rings. The van der Waals surface area contributed by atoms with Gasteiger partial charge in [0.05, 0.1) is 5.69 Å². The first-order chi connectivity index (χ1) is 13.0. The van der Waals surface area contributed by atoms with Crippen LogP contribution in [0.5, 0.6) is 0 Å². The standard InChI is InChI=1S/C21H23N3O3/c1-3-21(20(26)27,17-7-5-4-6-8-17)22-19(25)16-9-11-18(12-10-16)24-14-13-15(2)23-24/h4-12H,3,13-14H2,1-2H3,(H,22,25)(H,26,27). The molecule has 1 amide bonds. The zero-order chi connectivity index (χ0) is 19.4. The van der Waals surface area contributed by atoms with Crippen LogP contribution < -0.4 is 10.3 Å².